The Hall–Kier alpha value is -3.74. The van der Waals surface area contributed by atoms with Gasteiger partial charge < -0.3 is 14.2 Å². The maximum Gasteiger partial charge on any atom is 0.256 e. The van der Waals surface area contributed by atoms with Gasteiger partial charge in [-0.2, -0.15) is 0 Å². The van der Waals surface area contributed by atoms with Crippen molar-refractivity contribution < 1.29 is 18.4 Å². The molecule has 0 aliphatic heterocycles. The standard InChI is InChI=1S/C24H24FN3O3/c1-3-13-27(24(30)20-5-4-12-26-14-20)17-23(29)28(16-22-11-6-18(2)31-22)15-19-7-9-21(25)10-8-19/h3-12,14H,1,13,15-17H2,2H3. The Morgan fingerprint density at radius 3 is 2.48 bits per heavy atom. The molecule has 0 N–H and O–H groups in total. The molecule has 6 nitrogen and oxygen atoms in total. The number of rotatable bonds is 9. The van der Waals surface area contributed by atoms with Crippen LogP contribution in [0.25, 0.3) is 0 Å². The van der Waals surface area contributed by atoms with Crippen LogP contribution in [0.5, 0.6) is 0 Å². The summed E-state index contributed by atoms with van der Waals surface area (Å²) in [5.74, 6) is 0.447. The van der Waals surface area contributed by atoms with Crippen LogP contribution in [0.2, 0.25) is 0 Å². The van der Waals surface area contributed by atoms with Crippen molar-refractivity contribution in [1.29, 1.82) is 0 Å². The average molecular weight is 421 g/mol. The highest BCUT2D eigenvalue weighted by Crippen LogP contribution is 2.15. The maximum absolute atomic E-state index is 13.3. The number of aryl methyl sites for hydroxylation is 1. The van der Waals surface area contributed by atoms with Crippen LogP contribution in [0.15, 0.2) is 78.0 Å². The van der Waals surface area contributed by atoms with Crippen molar-refractivity contribution in [3.05, 3.63) is 102 Å². The molecule has 2 aromatic heterocycles. The van der Waals surface area contributed by atoms with Gasteiger partial charge in [-0.15, -0.1) is 6.58 Å². The molecule has 0 saturated carbocycles. The van der Waals surface area contributed by atoms with Crippen LogP contribution in [0.3, 0.4) is 0 Å². The van der Waals surface area contributed by atoms with E-state index >= 15 is 0 Å². The molecule has 1 aromatic carbocycles. The van der Waals surface area contributed by atoms with Crippen molar-refractivity contribution in [1.82, 2.24) is 14.8 Å². The lowest BCUT2D eigenvalue weighted by Gasteiger charge is -2.27. The Morgan fingerprint density at radius 2 is 1.87 bits per heavy atom. The summed E-state index contributed by atoms with van der Waals surface area (Å²) in [7, 11) is 0. The Labute approximate surface area is 180 Å². The molecule has 0 bridgehead atoms. The van der Waals surface area contributed by atoms with E-state index in [1.54, 1.807) is 41.4 Å². The van der Waals surface area contributed by atoms with Gasteiger partial charge in [-0.3, -0.25) is 14.6 Å². The van der Waals surface area contributed by atoms with Crippen LogP contribution in [-0.4, -0.2) is 39.7 Å². The third kappa shape index (κ3) is 6.12. The quantitative estimate of drug-likeness (QED) is 0.490. The molecule has 3 rings (SSSR count). The molecule has 2 amide bonds. The summed E-state index contributed by atoms with van der Waals surface area (Å²) in [5, 5.41) is 0. The smallest absolute Gasteiger partial charge is 0.256 e. The molecule has 0 fully saturated rings. The van der Waals surface area contributed by atoms with E-state index < -0.39 is 0 Å². The van der Waals surface area contributed by atoms with E-state index in [-0.39, 0.29) is 43.8 Å². The van der Waals surface area contributed by atoms with E-state index in [0.717, 1.165) is 11.3 Å². The van der Waals surface area contributed by atoms with E-state index in [2.05, 4.69) is 11.6 Å². The van der Waals surface area contributed by atoms with Crippen molar-refractivity contribution in [3.63, 3.8) is 0 Å². The van der Waals surface area contributed by atoms with E-state index in [4.69, 9.17) is 4.42 Å². The first kappa shape index (κ1) is 22.0. The fourth-order valence-electron chi connectivity index (χ4n) is 3.11. The zero-order chi connectivity index (χ0) is 22.2. The number of nitrogens with zero attached hydrogens (tertiary/aromatic N) is 3. The summed E-state index contributed by atoms with van der Waals surface area (Å²) in [6.07, 6.45) is 4.61. The third-order valence-corrected chi connectivity index (χ3v) is 4.65. The second-order valence-corrected chi connectivity index (χ2v) is 7.10. The molecular formula is C24H24FN3O3. The minimum Gasteiger partial charge on any atom is -0.464 e. The van der Waals surface area contributed by atoms with Crippen LogP contribution in [0.1, 0.15) is 27.4 Å². The van der Waals surface area contributed by atoms with Crippen LogP contribution >= 0.6 is 0 Å². The minimum atomic E-state index is -0.345. The Kier molecular flexibility index (Phi) is 7.32. The largest absolute Gasteiger partial charge is 0.464 e. The molecule has 0 unspecified atom stereocenters. The normalized spacial score (nSPS) is 10.5. The molecule has 0 radical (unpaired) electrons. The number of hydrogen-bond donors (Lipinski definition) is 0. The van der Waals surface area contributed by atoms with Crippen molar-refractivity contribution in [3.8, 4) is 0 Å². The molecule has 7 heteroatoms. The molecule has 0 spiro atoms. The zero-order valence-electron chi connectivity index (χ0n) is 17.3. The molecular weight excluding hydrogens is 397 g/mol. The summed E-state index contributed by atoms with van der Waals surface area (Å²) in [5.41, 5.74) is 1.16. The third-order valence-electron chi connectivity index (χ3n) is 4.65. The van der Waals surface area contributed by atoms with E-state index in [1.807, 2.05) is 19.1 Å². The second-order valence-electron chi connectivity index (χ2n) is 7.10. The fourth-order valence-corrected chi connectivity index (χ4v) is 3.11. The van der Waals surface area contributed by atoms with Crippen molar-refractivity contribution >= 4 is 11.8 Å². The van der Waals surface area contributed by atoms with Gasteiger partial charge in [-0.25, -0.2) is 4.39 Å². The van der Waals surface area contributed by atoms with Gasteiger partial charge >= 0.3 is 0 Å². The number of furan rings is 1. The Morgan fingerprint density at radius 1 is 1.10 bits per heavy atom. The SMILES string of the molecule is C=CCN(CC(=O)N(Cc1ccc(F)cc1)Cc1ccc(C)o1)C(=O)c1cccnc1. The Balaban J connectivity index is 1.80. The predicted octanol–water partition coefficient (Wildman–Crippen LogP) is 3.98. The average Bonchev–Trinajstić information content (AvgIpc) is 3.19. The second kappa shape index (κ2) is 10.3. The summed E-state index contributed by atoms with van der Waals surface area (Å²) in [6, 6.07) is 12.9. The molecule has 160 valence electrons. The minimum absolute atomic E-state index is 0.138. The number of benzene rings is 1. The number of aromatic nitrogens is 1. The Bertz CT molecular complexity index is 1030. The van der Waals surface area contributed by atoms with Gasteiger partial charge in [0, 0.05) is 25.5 Å². The van der Waals surface area contributed by atoms with Crippen LogP contribution < -0.4 is 0 Å². The van der Waals surface area contributed by atoms with Crippen LogP contribution in [0, 0.1) is 12.7 Å². The van der Waals surface area contributed by atoms with Gasteiger partial charge in [0.2, 0.25) is 5.91 Å². The van der Waals surface area contributed by atoms with Crippen molar-refractivity contribution in [2.75, 3.05) is 13.1 Å². The number of amides is 2. The van der Waals surface area contributed by atoms with Gasteiger partial charge in [0.1, 0.15) is 23.9 Å². The molecule has 0 atom stereocenters. The van der Waals surface area contributed by atoms with E-state index in [9.17, 15) is 14.0 Å². The number of pyridine rings is 1. The topological polar surface area (TPSA) is 66.7 Å². The van der Waals surface area contributed by atoms with Crippen LogP contribution in [-0.2, 0) is 17.9 Å². The highest BCUT2D eigenvalue weighted by Gasteiger charge is 2.23. The molecule has 3 aromatic rings. The van der Waals surface area contributed by atoms with Gasteiger partial charge in [-0.1, -0.05) is 18.2 Å². The van der Waals surface area contributed by atoms with Crippen molar-refractivity contribution in [2.24, 2.45) is 0 Å². The zero-order valence-corrected chi connectivity index (χ0v) is 17.3. The predicted molar refractivity (Wildman–Crippen MR) is 114 cm³/mol. The maximum atomic E-state index is 13.3. The lowest BCUT2D eigenvalue weighted by Crippen LogP contribution is -2.42. The van der Waals surface area contributed by atoms with Gasteiger partial charge in [-0.05, 0) is 48.9 Å². The van der Waals surface area contributed by atoms with Crippen molar-refractivity contribution in [2.45, 2.75) is 20.0 Å². The highest BCUT2D eigenvalue weighted by molar-refractivity contribution is 5.96. The van der Waals surface area contributed by atoms with Crippen LogP contribution in [0.4, 0.5) is 4.39 Å². The molecule has 0 saturated heterocycles. The lowest BCUT2D eigenvalue weighted by molar-refractivity contribution is -0.133. The number of carbonyl (C=O) groups excluding carboxylic acids is 2. The molecule has 0 aliphatic carbocycles. The number of hydrogen-bond acceptors (Lipinski definition) is 4. The summed E-state index contributed by atoms with van der Waals surface area (Å²) < 4.78 is 18.9. The number of halogens is 1. The summed E-state index contributed by atoms with van der Waals surface area (Å²) >= 11 is 0. The first-order chi connectivity index (χ1) is 15.0. The molecule has 31 heavy (non-hydrogen) atoms. The number of carbonyl (C=O) groups is 2. The van der Waals surface area contributed by atoms with Gasteiger partial charge in [0.15, 0.2) is 0 Å². The van der Waals surface area contributed by atoms with E-state index in [1.165, 1.54) is 23.2 Å². The molecule has 0 aliphatic rings. The van der Waals surface area contributed by atoms with Gasteiger partial charge in [0.05, 0.1) is 12.1 Å². The van der Waals surface area contributed by atoms with Gasteiger partial charge in [0.25, 0.3) is 5.91 Å². The summed E-state index contributed by atoms with van der Waals surface area (Å²) in [4.78, 5) is 33.0. The lowest BCUT2D eigenvalue weighted by atomic mass is 10.2. The summed E-state index contributed by atoms with van der Waals surface area (Å²) in [6.45, 7) is 6.07. The fraction of sp³-hybridized carbons (Fsp3) is 0.208. The monoisotopic (exact) mass is 421 g/mol. The highest BCUT2D eigenvalue weighted by atomic mass is 19.1. The first-order valence-corrected chi connectivity index (χ1v) is 9.84. The van der Waals surface area contributed by atoms with E-state index in [0.29, 0.717) is 11.3 Å². The first-order valence-electron chi connectivity index (χ1n) is 9.84. The molecule has 2 heterocycles.